The van der Waals surface area contributed by atoms with E-state index in [1.165, 1.54) is 6.20 Å². The highest BCUT2D eigenvalue weighted by atomic mass is 16.5. The van der Waals surface area contributed by atoms with Crippen LogP contribution in [0.4, 0.5) is 0 Å². The Balaban J connectivity index is 2.22. The van der Waals surface area contributed by atoms with Gasteiger partial charge in [-0.3, -0.25) is 4.79 Å². The maximum atomic E-state index is 11.4. The highest BCUT2D eigenvalue weighted by molar-refractivity contribution is 5.92. The van der Waals surface area contributed by atoms with Crippen molar-refractivity contribution in [3.63, 3.8) is 0 Å². The van der Waals surface area contributed by atoms with Gasteiger partial charge in [0.05, 0.1) is 19.4 Å². The molecule has 0 aliphatic heterocycles. The maximum absolute atomic E-state index is 11.4. The lowest BCUT2D eigenvalue weighted by Gasteiger charge is -2.10. The van der Waals surface area contributed by atoms with E-state index in [1.807, 2.05) is 0 Å². The Morgan fingerprint density at radius 3 is 2.81 bits per heavy atom. The van der Waals surface area contributed by atoms with E-state index in [9.17, 15) is 4.79 Å². The van der Waals surface area contributed by atoms with Gasteiger partial charge in [-0.2, -0.15) is 0 Å². The van der Waals surface area contributed by atoms with Gasteiger partial charge in [0.1, 0.15) is 5.69 Å². The molecule has 0 bridgehead atoms. The Morgan fingerprint density at radius 2 is 2.25 bits per heavy atom. The van der Waals surface area contributed by atoms with E-state index in [1.54, 1.807) is 20.2 Å². The first-order valence-electron chi connectivity index (χ1n) is 5.17. The summed E-state index contributed by atoms with van der Waals surface area (Å²) in [6.07, 6.45) is 3.95. The molecule has 5 nitrogen and oxygen atoms in total. The number of carbonyl (C=O) groups is 1. The Bertz CT molecular complexity index is 402. The number of hydrogen-bond donors (Lipinski definition) is 1. The number of nitrogens with zero attached hydrogens (tertiary/aromatic N) is 1. The Morgan fingerprint density at radius 1 is 1.50 bits per heavy atom. The molecule has 86 valence electrons. The summed E-state index contributed by atoms with van der Waals surface area (Å²) in [5, 5.41) is 2.51. The summed E-state index contributed by atoms with van der Waals surface area (Å²) in [7, 11) is 3.10. The Hall–Kier alpha value is -1.78. The summed E-state index contributed by atoms with van der Waals surface area (Å²) in [4.78, 5) is 15.4. The van der Waals surface area contributed by atoms with Crippen molar-refractivity contribution in [2.45, 2.75) is 18.9 Å². The van der Waals surface area contributed by atoms with Crippen LogP contribution in [0.25, 0.3) is 0 Å². The van der Waals surface area contributed by atoms with Crippen molar-refractivity contribution < 1.29 is 14.3 Å². The fraction of sp³-hybridized carbons (Fsp3) is 0.455. The third-order valence-electron chi connectivity index (χ3n) is 2.33. The van der Waals surface area contributed by atoms with Crippen LogP contribution >= 0.6 is 0 Å². The van der Waals surface area contributed by atoms with Crippen molar-refractivity contribution in [2.24, 2.45) is 0 Å². The molecule has 1 aromatic heterocycles. The van der Waals surface area contributed by atoms with Crippen molar-refractivity contribution in [3.05, 3.63) is 18.0 Å². The van der Waals surface area contributed by atoms with Crippen LogP contribution in [0.3, 0.4) is 0 Å². The van der Waals surface area contributed by atoms with E-state index in [0.29, 0.717) is 17.2 Å². The van der Waals surface area contributed by atoms with Crippen LogP contribution in [0.1, 0.15) is 23.3 Å². The molecule has 5 heteroatoms. The molecule has 0 saturated heterocycles. The normalized spacial score (nSPS) is 14.4. The van der Waals surface area contributed by atoms with Crippen molar-refractivity contribution >= 4 is 5.91 Å². The second kappa shape index (κ2) is 4.38. The topological polar surface area (TPSA) is 60.5 Å². The number of aromatic nitrogens is 1. The molecule has 1 aromatic rings. The molecule has 16 heavy (non-hydrogen) atoms. The third-order valence-corrected chi connectivity index (χ3v) is 2.33. The van der Waals surface area contributed by atoms with Crippen molar-refractivity contribution in [1.82, 2.24) is 10.3 Å². The van der Waals surface area contributed by atoms with Crippen LogP contribution in [0.5, 0.6) is 11.5 Å². The predicted octanol–water partition coefficient (Wildman–Crippen LogP) is 0.991. The van der Waals surface area contributed by atoms with E-state index in [2.05, 4.69) is 10.3 Å². The molecule has 0 radical (unpaired) electrons. The maximum Gasteiger partial charge on any atom is 0.269 e. The van der Waals surface area contributed by atoms with Crippen LogP contribution in [0.15, 0.2) is 12.3 Å². The van der Waals surface area contributed by atoms with E-state index in [0.717, 1.165) is 12.8 Å². The molecule has 1 aliphatic rings. The Kier molecular flexibility index (Phi) is 2.94. The molecular weight excluding hydrogens is 208 g/mol. The van der Waals surface area contributed by atoms with Crippen LogP contribution in [-0.2, 0) is 0 Å². The largest absolute Gasteiger partial charge is 0.493 e. The number of nitrogens with one attached hydrogen (secondary N) is 1. The van der Waals surface area contributed by atoms with Gasteiger partial charge >= 0.3 is 0 Å². The first kappa shape index (κ1) is 10.7. The molecule has 0 unspecified atom stereocenters. The van der Waals surface area contributed by atoms with Gasteiger partial charge in [-0.25, -0.2) is 4.98 Å². The van der Waals surface area contributed by atoms with E-state index >= 15 is 0 Å². The lowest BCUT2D eigenvalue weighted by molar-refractivity contribution is 0.0957. The summed E-state index contributed by atoms with van der Waals surface area (Å²) in [5.74, 6) is 0.898. The molecule has 0 atom stereocenters. The van der Waals surface area contributed by atoms with Gasteiger partial charge in [-0.05, 0) is 12.8 Å². The fourth-order valence-electron chi connectivity index (χ4n) is 1.29. The minimum absolute atomic E-state index is 0.240. The number of ether oxygens (including phenoxy) is 2. The SMILES string of the molecule is CNC(=O)c1cc(OC)c(OC2CC2)cn1. The van der Waals surface area contributed by atoms with Gasteiger partial charge < -0.3 is 14.8 Å². The summed E-state index contributed by atoms with van der Waals surface area (Å²) in [6.45, 7) is 0. The highest BCUT2D eigenvalue weighted by Crippen LogP contribution is 2.33. The average Bonchev–Trinajstić information content (AvgIpc) is 3.12. The van der Waals surface area contributed by atoms with Gasteiger partial charge in [0, 0.05) is 13.1 Å². The molecule has 1 fully saturated rings. The van der Waals surface area contributed by atoms with Crippen molar-refractivity contribution in [3.8, 4) is 11.5 Å². The molecule has 0 spiro atoms. The zero-order chi connectivity index (χ0) is 11.5. The zero-order valence-corrected chi connectivity index (χ0v) is 9.32. The van der Waals surface area contributed by atoms with Crippen molar-refractivity contribution in [2.75, 3.05) is 14.2 Å². The van der Waals surface area contributed by atoms with Crippen LogP contribution in [0.2, 0.25) is 0 Å². The minimum atomic E-state index is -0.240. The van der Waals surface area contributed by atoms with Crippen LogP contribution in [-0.4, -0.2) is 31.2 Å². The predicted molar refractivity (Wildman–Crippen MR) is 57.8 cm³/mol. The lowest BCUT2D eigenvalue weighted by Crippen LogP contribution is -2.19. The van der Waals surface area contributed by atoms with E-state index in [4.69, 9.17) is 9.47 Å². The summed E-state index contributed by atoms with van der Waals surface area (Å²) in [5.41, 5.74) is 0.322. The average molecular weight is 222 g/mol. The summed E-state index contributed by atoms with van der Waals surface area (Å²) in [6, 6.07) is 1.58. The number of amides is 1. The third kappa shape index (κ3) is 2.24. The second-order valence-electron chi connectivity index (χ2n) is 3.62. The van der Waals surface area contributed by atoms with E-state index in [-0.39, 0.29) is 12.0 Å². The number of rotatable bonds is 4. The standard InChI is InChI=1S/C11H14N2O3/c1-12-11(14)8-5-9(15-2)10(6-13-8)16-7-3-4-7/h5-7H,3-4H2,1-2H3,(H,12,14). The molecule has 1 heterocycles. The molecule has 0 aromatic carbocycles. The molecule has 1 saturated carbocycles. The van der Waals surface area contributed by atoms with Gasteiger partial charge in [0.25, 0.3) is 5.91 Å². The minimum Gasteiger partial charge on any atom is -0.493 e. The molecule has 1 N–H and O–H groups in total. The van der Waals surface area contributed by atoms with Crippen LogP contribution in [0, 0.1) is 0 Å². The van der Waals surface area contributed by atoms with Gasteiger partial charge in [0.2, 0.25) is 0 Å². The van der Waals surface area contributed by atoms with Crippen LogP contribution < -0.4 is 14.8 Å². The van der Waals surface area contributed by atoms with Crippen molar-refractivity contribution in [1.29, 1.82) is 0 Å². The number of methoxy groups -OCH3 is 1. The lowest BCUT2D eigenvalue weighted by atomic mass is 10.3. The number of pyridine rings is 1. The zero-order valence-electron chi connectivity index (χ0n) is 9.32. The summed E-state index contributed by atoms with van der Waals surface area (Å²) >= 11 is 0. The van der Waals surface area contributed by atoms with Gasteiger partial charge in [0.15, 0.2) is 11.5 Å². The quantitative estimate of drug-likeness (QED) is 0.825. The van der Waals surface area contributed by atoms with E-state index < -0.39 is 0 Å². The number of hydrogen-bond acceptors (Lipinski definition) is 4. The second-order valence-corrected chi connectivity index (χ2v) is 3.62. The smallest absolute Gasteiger partial charge is 0.269 e. The first-order valence-corrected chi connectivity index (χ1v) is 5.17. The molecular formula is C11H14N2O3. The summed E-state index contributed by atoms with van der Waals surface area (Å²) < 4.78 is 10.8. The molecule has 1 amide bonds. The van der Waals surface area contributed by atoms with Gasteiger partial charge in [-0.1, -0.05) is 0 Å². The monoisotopic (exact) mass is 222 g/mol. The fourth-order valence-corrected chi connectivity index (χ4v) is 1.29. The Labute approximate surface area is 93.8 Å². The molecule has 1 aliphatic carbocycles. The van der Waals surface area contributed by atoms with Gasteiger partial charge in [-0.15, -0.1) is 0 Å². The highest BCUT2D eigenvalue weighted by Gasteiger charge is 2.25. The molecule has 2 rings (SSSR count). The number of carbonyl (C=O) groups excluding carboxylic acids is 1. The first-order chi connectivity index (χ1) is 7.74.